The van der Waals surface area contributed by atoms with E-state index in [0.717, 1.165) is 12.8 Å². The molecule has 1 N–H and O–H groups in total. The zero-order valence-electron chi connectivity index (χ0n) is 9.25. The second-order valence-electron chi connectivity index (χ2n) is 4.30. The van der Waals surface area contributed by atoms with Crippen molar-refractivity contribution in [2.24, 2.45) is 0 Å². The minimum Gasteiger partial charge on any atom is -0.363 e. The highest BCUT2D eigenvalue weighted by atomic mass is 16.5. The molecular weight excluding hydrogens is 180 g/mol. The summed E-state index contributed by atoms with van der Waals surface area (Å²) < 4.78 is 5.56. The van der Waals surface area contributed by atoms with Gasteiger partial charge in [-0.05, 0) is 7.05 Å². The van der Waals surface area contributed by atoms with Gasteiger partial charge in [0, 0.05) is 25.7 Å². The Bertz CT molecular complexity index is 197. The number of nitrogens with one attached hydrogen (secondary N) is 1. The lowest BCUT2D eigenvalue weighted by Gasteiger charge is -2.38. The fourth-order valence-corrected chi connectivity index (χ4v) is 1.58. The van der Waals surface area contributed by atoms with Gasteiger partial charge in [-0.2, -0.15) is 0 Å². The predicted octanol–water partition coefficient (Wildman–Crippen LogP) is -0.116. The quantitative estimate of drug-likeness (QED) is 0.643. The summed E-state index contributed by atoms with van der Waals surface area (Å²) in [7, 11) is 2.01. The molecule has 1 saturated heterocycles. The lowest BCUT2D eigenvalue weighted by atomic mass is 10.0. The number of likely N-dealkylation sites (N-methyl/N-ethyl adjacent to an activating group) is 1. The number of ether oxygens (including phenoxy) is 1. The van der Waals surface area contributed by atoms with E-state index in [0.29, 0.717) is 25.7 Å². The van der Waals surface area contributed by atoms with E-state index in [-0.39, 0.29) is 0 Å². The van der Waals surface area contributed by atoms with Crippen molar-refractivity contribution in [1.29, 1.82) is 0 Å². The third-order valence-corrected chi connectivity index (χ3v) is 2.42. The van der Waals surface area contributed by atoms with Gasteiger partial charge in [-0.15, -0.1) is 0 Å². The summed E-state index contributed by atoms with van der Waals surface area (Å²) in [6.07, 6.45) is 0.929. The lowest BCUT2D eigenvalue weighted by molar-refractivity contribution is -0.142. The molecule has 0 aliphatic carbocycles. The molecular formula is C10H20N2O2. The van der Waals surface area contributed by atoms with Crippen LogP contribution in [0.15, 0.2) is 0 Å². The average molecular weight is 200 g/mol. The molecule has 0 saturated carbocycles. The van der Waals surface area contributed by atoms with E-state index in [1.165, 1.54) is 0 Å². The predicted molar refractivity (Wildman–Crippen MR) is 55.4 cm³/mol. The number of carbonyl (C=O) groups is 1. The van der Waals surface area contributed by atoms with E-state index in [1.807, 2.05) is 7.05 Å². The first-order valence-electron chi connectivity index (χ1n) is 5.10. The molecule has 1 fully saturated rings. The normalized spacial score (nSPS) is 29.4. The van der Waals surface area contributed by atoms with Crippen molar-refractivity contribution in [3.05, 3.63) is 0 Å². The molecule has 1 aliphatic heterocycles. The van der Waals surface area contributed by atoms with Crippen molar-refractivity contribution >= 4 is 6.29 Å². The molecule has 0 aromatic rings. The maximum absolute atomic E-state index is 11.0. The van der Waals surface area contributed by atoms with Crippen LogP contribution in [0.5, 0.6) is 0 Å². The summed E-state index contributed by atoms with van der Waals surface area (Å²) >= 11 is 0. The highest BCUT2D eigenvalue weighted by Crippen LogP contribution is 2.13. The van der Waals surface area contributed by atoms with Crippen LogP contribution in [0, 0.1) is 0 Å². The Morgan fingerprint density at radius 2 is 2.36 bits per heavy atom. The maximum atomic E-state index is 11.0. The van der Waals surface area contributed by atoms with E-state index < -0.39 is 5.60 Å². The molecule has 0 amide bonds. The van der Waals surface area contributed by atoms with Gasteiger partial charge in [0.15, 0.2) is 6.29 Å². The molecule has 0 bridgehead atoms. The minimum atomic E-state index is -0.642. The molecule has 1 atom stereocenters. The van der Waals surface area contributed by atoms with Crippen molar-refractivity contribution in [3.8, 4) is 0 Å². The molecule has 1 rings (SSSR count). The Morgan fingerprint density at radius 1 is 1.64 bits per heavy atom. The zero-order chi connectivity index (χ0) is 10.6. The van der Waals surface area contributed by atoms with Crippen molar-refractivity contribution < 1.29 is 9.53 Å². The molecule has 1 heterocycles. The Labute approximate surface area is 85.6 Å². The molecule has 1 unspecified atom stereocenters. The molecule has 4 nitrogen and oxygen atoms in total. The third kappa shape index (κ3) is 3.04. The Hall–Kier alpha value is -0.450. The molecule has 1 aliphatic rings. The van der Waals surface area contributed by atoms with E-state index in [1.54, 1.807) is 0 Å². The van der Waals surface area contributed by atoms with Crippen molar-refractivity contribution in [3.63, 3.8) is 0 Å². The number of carbonyl (C=O) groups excluding carboxylic acids is 1. The number of rotatable bonds is 4. The highest BCUT2D eigenvalue weighted by molar-refractivity contribution is 5.63. The molecule has 0 aromatic carbocycles. The fraction of sp³-hybridized carbons (Fsp3) is 0.900. The lowest BCUT2D eigenvalue weighted by Crippen LogP contribution is -2.57. The van der Waals surface area contributed by atoms with Gasteiger partial charge in [0.25, 0.3) is 0 Å². The van der Waals surface area contributed by atoms with Gasteiger partial charge in [0.1, 0.15) is 5.60 Å². The fourth-order valence-electron chi connectivity index (χ4n) is 1.58. The molecule has 82 valence electrons. The van der Waals surface area contributed by atoms with Crippen molar-refractivity contribution in [2.75, 3.05) is 33.3 Å². The van der Waals surface area contributed by atoms with Crippen LogP contribution in [0.1, 0.15) is 13.8 Å². The van der Waals surface area contributed by atoms with Gasteiger partial charge in [-0.1, -0.05) is 13.8 Å². The average Bonchev–Trinajstić information content (AvgIpc) is 2.15. The van der Waals surface area contributed by atoms with Gasteiger partial charge in [-0.3, -0.25) is 0 Å². The third-order valence-electron chi connectivity index (χ3n) is 2.42. The monoisotopic (exact) mass is 200 g/mol. The standard InChI is InChI=1S/C10H20N2O2/c1-9(2)11-6-10(8-13)7-12(3)4-5-14-10/h8-9,11H,4-7H2,1-3H3. The number of nitrogens with zero attached hydrogens (tertiary/aromatic N) is 1. The number of hydrogen-bond acceptors (Lipinski definition) is 4. The zero-order valence-corrected chi connectivity index (χ0v) is 9.25. The number of hydrogen-bond donors (Lipinski definition) is 1. The van der Waals surface area contributed by atoms with Gasteiger partial charge in [0.05, 0.1) is 6.61 Å². The Morgan fingerprint density at radius 3 is 2.86 bits per heavy atom. The largest absolute Gasteiger partial charge is 0.363 e. The van der Waals surface area contributed by atoms with Crippen LogP contribution in [0.25, 0.3) is 0 Å². The van der Waals surface area contributed by atoms with E-state index in [4.69, 9.17) is 4.74 Å². The van der Waals surface area contributed by atoms with Crippen LogP contribution >= 0.6 is 0 Å². The van der Waals surface area contributed by atoms with Gasteiger partial charge < -0.3 is 19.7 Å². The second-order valence-corrected chi connectivity index (χ2v) is 4.30. The smallest absolute Gasteiger partial charge is 0.154 e. The van der Waals surface area contributed by atoms with E-state index in [9.17, 15) is 4.79 Å². The second kappa shape index (κ2) is 4.87. The van der Waals surface area contributed by atoms with Crippen LogP contribution in [-0.2, 0) is 9.53 Å². The summed E-state index contributed by atoms with van der Waals surface area (Å²) in [5, 5.41) is 3.24. The van der Waals surface area contributed by atoms with Crippen LogP contribution in [0.3, 0.4) is 0 Å². The molecule has 4 heteroatoms. The van der Waals surface area contributed by atoms with Crippen molar-refractivity contribution in [2.45, 2.75) is 25.5 Å². The number of aldehydes is 1. The van der Waals surface area contributed by atoms with E-state index in [2.05, 4.69) is 24.1 Å². The molecule has 0 radical (unpaired) electrons. The summed E-state index contributed by atoms with van der Waals surface area (Å²) in [5.74, 6) is 0. The maximum Gasteiger partial charge on any atom is 0.154 e. The van der Waals surface area contributed by atoms with Crippen LogP contribution < -0.4 is 5.32 Å². The summed E-state index contributed by atoms with van der Waals surface area (Å²) in [5.41, 5.74) is -0.642. The van der Waals surface area contributed by atoms with Crippen LogP contribution in [0.4, 0.5) is 0 Å². The first-order chi connectivity index (χ1) is 6.58. The summed E-state index contributed by atoms with van der Waals surface area (Å²) in [6.45, 7) is 6.93. The first kappa shape index (κ1) is 11.6. The van der Waals surface area contributed by atoms with Gasteiger partial charge in [-0.25, -0.2) is 0 Å². The van der Waals surface area contributed by atoms with Crippen molar-refractivity contribution in [1.82, 2.24) is 10.2 Å². The summed E-state index contributed by atoms with van der Waals surface area (Å²) in [6, 6.07) is 0.377. The van der Waals surface area contributed by atoms with Gasteiger partial charge >= 0.3 is 0 Å². The van der Waals surface area contributed by atoms with Crippen LogP contribution in [-0.4, -0.2) is 56.1 Å². The molecule has 14 heavy (non-hydrogen) atoms. The van der Waals surface area contributed by atoms with Gasteiger partial charge in [0.2, 0.25) is 0 Å². The topological polar surface area (TPSA) is 41.6 Å². The van der Waals surface area contributed by atoms with E-state index >= 15 is 0 Å². The highest BCUT2D eigenvalue weighted by Gasteiger charge is 2.35. The minimum absolute atomic E-state index is 0.377. The summed E-state index contributed by atoms with van der Waals surface area (Å²) in [4.78, 5) is 13.2. The SMILES string of the molecule is CC(C)NCC1(C=O)CN(C)CCO1. The Kier molecular flexibility index (Phi) is 4.04. The molecule has 0 spiro atoms. The number of morpholine rings is 1. The Balaban J connectivity index is 2.51. The first-order valence-corrected chi connectivity index (χ1v) is 5.10. The molecule has 0 aromatic heterocycles. The van der Waals surface area contributed by atoms with Crippen LogP contribution in [0.2, 0.25) is 0 Å².